The zero-order chi connectivity index (χ0) is 11.8. The lowest BCUT2D eigenvalue weighted by atomic mass is 10.2. The van der Waals surface area contributed by atoms with Gasteiger partial charge in [0.15, 0.2) is 0 Å². The Morgan fingerprint density at radius 3 is 2.75 bits per heavy atom. The minimum absolute atomic E-state index is 0.421. The van der Waals surface area contributed by atoms with Crippen LogP contribution in [0.15, 0.2) is 18.2 Å². The zero-order valence-corrected chi connectivity index (χ0v) is 10.6. The Balaban J connectivity index is 2.44. The third kappa shape index (κ3) is 4.03. The summed E-state index contributed by atoms with van der Waals surface area (Å²) in [4.78, 5) is 0. The van der Waals surface area contributed by atoms with Crippen LogP contribution in [0.3, 0.4) is 0 Å². The van der Waals surface area contributed by atoms with Crippen LogP contribution in [-0.2, 0) is 6.54 Å². The molecule has 0 amide bonds. The van der Waals surface area contributed by atoms with Crippen molar-refractivity contribution < 1.29 is 4.74 Å². The molecule has 0 atom stereocenters. The first-order chi connectivity index (χ1) is 7.79. The third-order valence-corrected chi connectivity index (χ3v) is 2.89. The smallest absolute Gasteiger partial charge is 0.125 e. The van der Waals surface area contributed by atoms with E-state index in [1.165, 1.54) is 19.3 Å². The number of hydrogen-bond donors (Lipinski definition) is 1. The molecule has 1 aromatic rings. The van der Waals surface area contributed by atoms with E-state index in [0.29, 0.717) is 11.6 Å². The molecule has 90 valence electrons. The highest BCUT2D eigenvalue weighted by atomic mass is 35.5. The average Bonchev–Trinajstić information content (AvgIpc) is 2.29. The molecule has 0 saturated heterocycles. The van der Waals surface area contributed by atoms with E-state index in [9.17, 15) is 0 Å². The summed E-state index contributed by atoms with van der Waals surface area (Å²) in [5.74, 6) is 0.825. The van der Waals surface area contributed by atoms with E-state index in [0.717, 1.165) is 24.3 Å². The lowest BCUT2D eigenvalue weighted by molar-refractivity contribution is 0.302. The standard InChI is InChI=1S/C13H20ClNO/c1-2-3-4-5-9-16-13-8-6-7-12(14)11(13)10-15/h6-8H,2-5,9-10,15H2,1H3. The van der Waals surface area contributed by atoms with Gasteiger partial charge in [-0.2, -0.15) is 0 Å². The fraction of sp³-hybridized carbons (Fsp3) is 0.538. The van der Waals surface area contributed by atoms with Crippen LogP contribution in [0.4, 0.5) is 0 Å². The van der Waals surface area contributed by atoms with Crippen molar-refractivity contribution >= 4 is 11.6 Å². The maximum absolute atomic E-state index is 6.03. The molecule has 0 aliphatic heterocycles. The van der Waals surface area contributed by atoms with Gasteiger partial charge in [-0.15, -0.1) is 0 Å². The van der Waals surface area contributed by atoms with Crippen molar-refractivity contribution in [3.05, 3.63) is 28.8 Å². The first kappa shape index (κ1) is 13.3. The first-order valence-corrected chi connectivity index (χ1v) is 6.27. The summed E-state index contributed by atoms with van der Waals surface area (Å²) in [5.41, 5.74) is 6.54. The van der Waals surface area contributed by atoms with E-state index in [1.807, 2.05) is 18.2 Å². The molecular formula is C13H20ClNO. The summed E-state index contributed by atoms with van der Waals surface area (Å²) >= 11 is 6.03. The minimum atomic E-state index is 0.421. The van der Waals surface area contributed by atoms with Gasteiger partial charge in [0.05, 0.1) is 6.61 Å². The number of unbranched alkanes of at least 4 members (excludes halogenated alkanes) is 3. The second-order valence-electron chi connectivity index (χ2n) is 3.83. The van der Waals surface area contributed by atoms with Gasteiger partial charge in [0, 0.05) is 17.1 Å². The van der Waals surface area contributed by atoms with E-state index < -0.39 is 0 Å². The van der Waals surface area contributed by atoms with Crippen LogP contribution in [0.2, 0.25) is 5.02 Å². The van der Waals surface area contributed by atoms with Crippen LogP contribution in [-0.4, -0.2) is 6.61 Å². The molecule has 0 spiro atoms. The van der Waals surface area contributed by atoms with Gasteiger partial charge in [-0.05, 0) is 18.6 Å². The third-order valence-electron chi connectivity index (χ3n) is 2.54. The Labute approximate surface area is 103 Å². The van der Waals surface area contributed by atoms with Crippen molar-refractivity contribution in [1.29, 1.82) is 0 Å². The van der Waals surface area contributed by atoms with Gasteiger partial charge in [0.1, 0.15) is 5.75 Å². The summed E-state index contributed by atoms with van der Waals surface area (Å²) < 4.78 is 5.69. The zero-order valence-electron chi connectivity index (χ0n) is 9.84. The summed E-state index contributed by atoms with van der Waals surface area (Å²) in [6.45, 7) is 3.36. The Morgan fingerprint density at radius 1 is 1.25 bits per heavy atom. The Hall–Kier alpha value is -0.730. The number of rotatable bonds is 7. The molecule has 1 rings (SSSR count). The van der Waals surface area contributed by atoms with Crippen molar-refractivity contribution in [2.45, 2.75) is 39.2 Å². The normalized spacial score (nSPS) is 10.4. The molecular weight excluding hydrogens is 222 g/mol. The van der Waals surface area contributed by atoms with Gasteiger partial charge < -0.3 is 10.5 Å². The molecule has 1 aromatic carbocycles. The Morgan fingerprint density at radius 2 is 2.06 bits per heavy atom. The van der Waals surface area contributed by atoms with E-state index >= 15 is 0 Å². The highest BCUT2D eigenvalue weighted by Crippen LogP contribution is 2.25. The first-order valence-electron chi connectivity index (χ1n) is 5.89. The van der Waals surface area contributed by atoms with Crippen molar-refractivity contribution in [1.82, 2.24) is 0 Å². The Kier molecular flexibility index (Phi) is 6.27. The van der Waals surface area contributed by atoms with Gasteiger partial charge in [-0.3, -0.25) is 0 Å². The summed E-state index contributed by atoms with van der Waals surface area (Å²) in [6.07, 6.45) is 4.81. The lowest BCUT2D eigenvalue weighted by Gasteiger charge is -2.11. The molecule has 0 unspecified atom stereocenters. The minimum Gasteiger partial charge on any atom is -0.493 e. The molecule has 2 nitrogen and oxygen atoms in total. The van der Waals surface area contributed by atoms with Gasteiger partial charge in [0.2, 0.25) is 0 Å². The van der Waals surface area contributed by atoms with E-state index in [2.05, 4.69) is 6.92 Å². The Bertz CT molecular complexity index is 315. The predicted molar refractivity (Wildman–Crippen MR) is 69.0 cm³/mol. The fourth-order valence-corrected chi connectivity index (χ4v) is 1.83. The van der Waals surface area contributed by atoms with Gasteiger partial charge in [-0.1, -0.05) is 43.9 Å². The predicted octanol–water partition coefficient (Wildman–Crippen LogP) is 3.76. The van der Waals surface area contributed by atoms with Gasteiger partial charge >= 0.3 is 0 Å². The molecule has 3 heteroatoms. The molecule has 0 aliphatic rings. The highest BCUT2D eigenvalue weighted by molar-refractivity contribution is 6.31. The van der Waals surface area contributed by atoms with Crippen LogP contribution >= 0.6 is 11.6 Å². The molecule has 0 saturated carbocycles. The monoisotopic (exact) mass is 241 g/mol. The number of nitrogens with two attached hydrogens (primary N) is 1. The summed E-state index contributed by atoms with van der Waals surface area (Å²) in [7, 11) is 0. The molecule has 16 heavy (non-hydrogen) atoms. The number of halogens is 1. The van der Waals surface area contributed by atoms with Crippen LogP contribution in [0.25, 0.3) is 0 Å². The van der Waals surface area contributed by atoms with E-state index in [4.69, 9.17) is 22.1 Å². The van der Waals surface area contributed by atoms with E-state index in [1.54, 1.807) is 0 Å². The summed E-state index contributed by atoms with van der Waals surface area (Å²) in [5, 5.41) is 0.688. The van der Waals surface area contributed by atoms with Crippen LogP contribution < -0.4 is 10.5 Å². The molecule has 0 bridgehead atoms. The summed E-state index contributed by atoms with van der Waals surface area (Å²) in [6, 6.07) is 5.66. The molecule has 0 heterocycles. The van der Waals surface area contributed by atoms with Crippen LogP contribution in [0, 0.1) is 0 Å². The number of ether oxygens (including phenoxy) is 1. The highest BCUT2D eigenvalue weighted by Gasteiger charge is 2.05. The second kappa shape index (κ2) is 7.53. The molecule has 2 N–H and O–H groups in total. The number of hydrogen-bond acceptors (Lipinski definition) is 2. The maximum Gasteiger partial charge on any atom is 0.125 e. The second-order valence-corrected chi connectivity index (χ2v) is 4.24. The maximum atomic E-state index is 6.03. The largest absolute Gasteiger partial charge is 0.493 e. The molecule has 0 aromatic heterocycles. The van der Waals surface area contributed by atoms with Crippen LogP contribution in [0.1, 0.15) is 38.2 Å². The SMILES string of the molecule is CCCCCCOc1cccc(Cl)c1CN. The van der Waals surface area contributed by atoms with Crippen LogP contribution in [0.5, 0.6) is 5.75 Å². The van der Waals surface area contributed by atoms with Gasteiger partial charge in [-0.25, -0.2) is 0 Å². The average molecular weight is 242 g/mol. The van der Waals surface area contributed by atoms with Gasteiger partial charge in [0.25, 0.3) is 0 Å². The quantitative estimate of drug-likeness (QED) is 0.738. The number of benzene rings is 1. The topological polar surface area (TPSA) is 35.2 Å². The van der Waals surface area contributed by atoms with Crippen molar-refractivity contribution in [2.24, 2.45) is 5.73 Å². The molecule has 0 aliphatic carbocycles. The fourth-order valence-electron chi connectivity index (χ4n) is 1.58. The lowest BCUT2D eigenvalue weighted by Crippen LogP contribution is -2.04. The van der Waals surface area contributed by atoms with Crippen molar-refractivity contribution in [3.8, 4) is 5.75 Å². The molecule has 0 fully saturated rings. The van der Waals surface area contributed by atoms with E-state index in [-0.39, 0.29) is 0 Å². The van der Waals surface area contributed by atoms with Crippen molar-refractivity contribution in [3.63, 3.8) is 0 Å². The molecule has 0 radical (unpaired) electrons. The van der Waals surface area contributed by atoms with Crippen molar-refractivity contribution in [2.75, 3.05) is 6.61 Å².